The van der Waals surface area contributed by atoms with Crippen LogP contribution in [0, 0.1) is 0 Å². The Morgan fingerprint density at radius 3 is 2.87 bits per heavy atom. The van der Waals surface area contributed by atoms with Gasteiger partial charge in [0.1, 0.15) is 12.4 Å². The molecule has 0 radical (unpaired) electrons. The number of rotatable bonds is 5. The highest BCUT2D eigenvalue weighted by molar-refractivity contribution is 6.11. The predicted molar refractivity (Wildman–Crippen MR) is 86.1 cm³/mol. The highest BCUT2D eigenvalue weighted by Gasteiger charge is 2.26. The topological polar surface area (TPSA) is 61.0 Å². The SMILES string of the molecule is C=C(C)COc1ccccc1/C=C1\N=C(c2ccco2)OC1=O. The second-order valence-electron chi connectivity index (χ2n) is 5.10. The van der Waals surface area contributed by atoms with Gasteiger partial charge < -0.3 is 13.9 Å². The Balaban J connectivity index is 1.89. The Bertz CT molecular complexity index is 800. The van der Waals surface area contributed by atoms with Crippen molar-refractivity contribution in [1.29, 1.82) is 0 Å². The standard InChI is InChI=1S/C18H15NO4/c1-12(2)11-22-15-7-4-3-6-13(15)10-14-18(20)23-17(19-14)16-8-5-9-21-16/h3-10H,1,11H2,2H3/b14-10-. The third-order valence-corrected chi connectivity index (χ3v) is 3.04. The van der Waals surface area contributed by atoms with Crippen molar-refractivity contribution in [3.8, 4) is 5.75 Å². The van der Waals surface area contributed by atoms with Gasteiger partial charge in [-0.25, -0.2) is 9.79 Å². The minimum absolute atomic E-state index is 0.159. The summed E-state index contributed by atoms with van der Waals surface area (Å²) in [6, 6.07) is 10.8. The normalized spacial score (nSPS) is 15.4. The fourth-order valence-electron chi connectivity index (χ4n) is 1.99. The molecule has 2 heterocycles. The molecule has 0 fully saturated rings. The molecule has 0 spiro atoms. The summed E-state index contributed by atoms with van der Waals surface area (Å²) in [6.45, 7) is 6.10. The maximum atomic E-state index is 12.0. The molecule has 2 aromatic rings. The van der Waals surface area contributed by atoms with Crippen molar-refractivity contribution in [2.45, 2.75) is 6.92 Å². The van der Waals surface area contributed by atoms with Crippen LogP contribution in [0.4, 0.5) is 0 Å². The number of carbonyl (C=O) groups excluding carboxylic acids is 1. The summed E-state index contributed by atoms with van der Waals surface area (Å²) in [4.78, 5) is 16.1. The first-order valence-electron chi connectivity index (χ1n) is 7.06. The molecule has 3 rings (SSSR count). The number of ether oxygens (including phenoxy) is 2. The van der Waals surface area contributed by atoms with E-state index in [0.29, 0.717) is 18.1 Å². The Hall–Kier alpha value is -3.08. The minimum Gasteiger partial charge on any atom is -0.489 e. The van der Waals surface area contributed by atoms with Crippen molar-refractivity contribution in [1.82, 2.24) is 0 Å². The number of cyclic esters (lactones) is 1. The van der Waals surface area contributed by atoms with Gasteiger partial charge in [-0.1, -0.05) is 24.8 Å². The van der Waals surface area contributed by atoms with Crippen LogP contribution in [-0.4, -0.2) is 18.5 Å². The van der Waals surface area contributed by atoms with Gasteiger partial charge in [0.2, 0.25) is 0 Å². The van der Waals surface area contributed by atoms with Gasteiger partial charge >= 0.3 is 5.97 Å². The maximum Gasteiger partial charge on any atom is 0.363 e. The van der Waals surface area contributed by atoms with Crippen LogP contribution >= 0.6 is 0 Å². The van der Waals surface area contributed by atoms with E-state index in [4.69, 9.17) is 13.9 Å². The molecule has 116 valence electrons. The van der Waals surface area contributed by atoms with Gasteiger partial charge in [-0.15, -0.1) is 0 Å². The van der Waals surface area contributed by atoms with Crippen molar-refractivity contribution in [2.75, 3.05) is 6.61 Å². The van der Waals surface area contributed by atoms with E-state index in [2.05, 4.69) is 11.6 Å². The molecule has 1 aromatic carbocycles. The molecule has 0 saturated heterocycles. The molecule has 0 unspecified atom stereocenters. The van der Waals surface area contributed by atoms with Gasteiger partial charge in [-0.3, -0.25) is 0 Å². The van der Waals surface area contributed by atoms with Crippen LogP contribution in [-0.2, 0) is 9.53 Å². The van der Waals surface area contributed by atoms with Crippen molar-refractivity contribution < 1.29 is 18.7 Å². The summed E-state index contributed by atoms with van der Waals surface area (Å²) in [6.07, 6.45) is 3.13. The summed E-state index contributed by atoms with van der Waals surface area (Å²) in [5.41, 5.74) is 1.85. The van der Waals surface area contributed by atoms with Crippen LogP contribution in [0.5, 0.6) is 5.75 Å². The van der Waals surface area contributed by atoms with Crippen molar-refractivity contribution in [2.24, 2.45) is 4.99 Å². The maximum absolute atomic E-state index is 12.0. The second-order valence-corrected chi connectivity index (χ2v) is 5.10. The van der Waals surface area contributed by atoms with E-state index in [1.807, 2.05) is 31.2 Å². The lowest BCUT2D eigenvalue weighted by molar-refractivity contribution is -0.130. The first-order valence-corrected chi connectivity index (χ1v) is 7.06. The van der Waals surface area contributed by atoms with Crippen molar-refractivity contribution in [3.05, 3.63) is 71.8 Å². The molecule has 0 amide bonds. The molecule has 1 aromatic heterocycles. The third-order valence-electron chi connectivity index (χ3n) is 3.04. The number of benzene rings is 1. The summed E-state index contributed by atoms with van der Waals surface area (Å²) in [5.74, 6) is 0.698. The Morgan fingerprint density at radius 1 is 1.30 bits per heavy atom. The molecule has 1 aliphatic rings. The number of esters is 1. The van der Waals surface area contributed by atoms with E-state index in [0.717, 1.165) is 11.1 Å². The van der Waals surface area contributed by atoms with Crippen LogP contribution in [0.3, 0.4) is 0 Å². The summed E-state index contributed by atoms with van der Waals surface area (Å²) < 4.78 is 16.0. The monoisotopic (exact) mass is 309 g/mol. The number of hydrogen-bond donors (Lipinski definition) is 0. The number of carbonyl (C=O) groups is 1. The summed E-state index contributed by atoms with van der Waals surface area (Å²) >= 11 is 0. The summed E-state index contributed by atoms with van der Waals surface area (Å²) in [5, 5.41) is 0. The first-order chi connectivity index (χ1) is 11.1. The van der Waals surface area contributed by atoms with Crippen LogP contribution < -0.4 is 4.74 Å². The average Bonchev–Trinajstić information content (AvgIpc) is 3.17. The number of aliphatic imine (C=N–C) groups is 1. The number of furan rings is 1. The molecule has 0 saturated carbocycles. The predicted octanol–water partition coefficient (Wildman–Crippen LogP) is 3.58. The zero-order valence-electron chi connectivity index (χ0n) is 12.6. The zero-order chi connectivity index (χ0) is 16.2. The van der Waals surface area contributed by atoms with Gasteiger partial charge in [0.05, 0.1) is 6.26 Å². The highest BCUT2D eigenvalue weighted by atomic mass is 16.6. The lowest BCUT2D eigenvalue weighted by Gasteiger charge is -2.08. The fourth-order valence-corrected chi connectivity index (χ4v) is 1.99. The molecule has 5 heteroatoms. The van der Waals surface area contributed by atoms with E-state index in [9.17, 15) is 4.79 Å². The Kier molecular flexibility index (Phi) is 4.10. The molecule has 0 bridgehead atoms. The smallest absolute Gasteiger partial charge is 0.363 e. The van der Waals surface area contributed by atoms with Crippen molar-refractivity contribution >= 4 is 17.9 Å². The second kappa shape index (κ2) is 6.36. The average molecular weight is 309 g/mol. The molecular weight excluding hydrogens is 294 g/mol. The van der Waals surface area contributed by atoms with E-state index >= 15 is 0 Å². The van der Waals surface area contributed by atoms with Gasteiger partial charge in [0.15, 0.2) is 11.5 Å². The van der Waals surface area contributed by atoms with E-state index in [1.54, 1.807) is 18.2 Å². The third kappa shape index (κ3) is 3.40. The lowest BCUT2D eigenvalue weighted by Crippen LogP contribution is -2.04. The number of nitrogens with zero attached hydrogens (tertiary/aromatic N) is 1. The first kappa shape index (κ1) is 14.8. The molecule has 5 nitrogen and oxygen atoms in total. The fraction of sp³-hybridized carbons (Fsp3) is 0.111. The van der Waals surface area contributed by atoms with Gasteiger partial charge in [0.25, 0.3) is 5.90 Å². The zero-order valence-corrected chi connectivity index (χ0v) is 12.6. The van der Waals surface area contributed by atoms with Gasteiger partial charge in [-0.05, 0) is 36.8 Å². The lowest BCUT2D eigenvalue weighted by atomic mass is 10.1. The van der Waals surface area contributed by atoms with E-state index in [1.165, 1.54) is 6.26 Å². The van der Waals surface area contributed by atoms with Crippen molar-refractivity contribution in [3.63, 3.8) is 0 Å². The minimum atomic E-state index is -0.522. The van der Waals surface area contributed by atoms with Crippen LogP contribution in [0.1, 0.15) is 18.2 Å². The number of hydrogen-bond acceptors (Lipinski definition) is 5. The van der Waals surface area contributed by atoms with Gasteiger partial charge in [-0.2, -0.15) is 0 Å². The molecular formula is C18H15NO4. The van der Waals surface area contributed by atoms with Crippen LogP contribution in [0.15, 0.2) is 69.9 Å². The van der Waals surface area contributed by atoms with Crippen LogP contribution in [0.25, 0.3) is 6.08 Å². The molecule has 0 aliphatic carbocycles. The highest BCUT2D eigenvalue weighted by Crippen LogP contribution is 2.25. The Labute approximate surface area is 133 Å². The summed E-state index contributed by atoms with van der Waals surface area (Å²) in [7, 11) is 0. The Morgan fingerprint density at radius 2 is 2.13 bits per heavy atom. The molecule has 0 N–H and O–H groups in total. The van der Waals surface area contributed by atoms with E-state index in [-0.39, 0.29) is 11.6 Å². The molecule has 23 heavy (non-hydrogen) atoms. The van der Waals surface area contributed by atoms with E-state index < -0.39 is 5.97 Å². The molecule has 0 atom stereocenters. The number of para-hydroxylation sites is 1. The molecule has 1 aliphatic heterocycles. The largest absolute Gasteiger partial charge is 0.489 e. The van der Waals surface area contributed by atoms with Crippen LogP contribution in [0.2, 0.25) is 0 Å². The quantitative estimate of drug-likeness (QED) is 0.481. The van der Waals surface area contributed by atoms with Gasteiger partial charge in [0, 0.05) is 5.56 Å².